The number of nitrogens with one attached hydrogen (secondary N) is 1. The van der Waals surface area contributed by atoms with Gasteiger partial charge in [0.05, 0.1) is 0 Å². The minimum atomic E-state index is -6.06. The zero-order chi connectivity index (χ0) is 16.1. The summed E-state index contributed by atoms with van der Waals surface area (Å²) in [6.45, 7) is 0. The molecule has 1 nitrogen and oxygen atoms in total. The molecule has 22 heavy (non-hydrogen) atoms. The Labute approximate surface area is 130 Å². The van der Waals surface area contributed by atoms with E-state index in [1.807, 2.05) is 0 Å². The summed E-state index contributed by atoms with van der Waals surface area (Å²) in [5.74, 6) is 0. The van der Waals surface area contributed by atoms with E-state index in [-0.39, 0.29) is 24.8 Å². The second kappa shape index (κ2) is 1.81. The van der Waals surface area contributed by atoms with Crippen molar-refractivity contribution in [2.45, 2.75) is 48.1 Å². The first kappa shape index (κ1) is 22.2. The normalized spacial score (nSPS) is 30.4. The predicted octanol–water partition coefficient (Wildman–Crippen LogP) is 7.66. The minimum absolute atomic E-state index is 0. The Kier molecular flexibility index (Phi) is 1.83. The van der Waals surface area contributed by atoms with E-state index >= 15 is 0 Å². The van der Waals surface area contributed by atoms with Crippen molar-refractivity contribution in [3.05, 3.63) is 39.8 Å². The molecule has 0 atom stereocenters. The Balaban J connectivity index is 0.00000220. The van der Waals surface area contributed by atoms with Crippen LogP contribution < -0.4 is 3.40 Å². The van der Waals surface area contributed by atoms with Crippen LogP contribution in [0.15, 0.2) is 39.8 Å². The SMILES string of the molecule is Cl.Cl.[CH3][Zr]([CH3])([CH3])([CH3])([CH3])([CH3])([CH3])([CH3])([CH3])([C]1=CC=CC1)[c]1ccc[nH]1. The number of hydrogen-bond donors (Lipinski definition) is 1. The zero-order valence-electron chi connectivity index (χ0n) is 16.0. The number of rotatable bonds is 2. The molecule has 4 heteroatoms. The fraction of sp³-hybridized carbons (Fsp3) is 0.556. The molecule has 0 unspecified atom stereocenters. The molecule has 0 aromatic carbocycles. The van der Waals surface area contributed by atoms with Crippen LogP contribution in [-0.2, 0) is 9.88 Å². The molecular formula is C18H38Cl2NZr. The van der Waals surface area contributed by atoms with E-state index in [2.05, 4.69) is 83.2 Å². The molecule has 0 spiro atoms. The number of allylic oxidation sites excluding steroid dienone is 4. The molecular weight excluding hydrogens is 392 g/mol. The van der Waals surface area contributed by atoms with Crippen molar-refractivity contribution in [3.63, 3.8) is 0 Å². The fourth-order valence-electron chi connectivity index (χ4n) is 4.19. The number of aromatic amines is 1. The molecule has 0 saturated carbocycles. The van der Waals surface area contributed by atoms with E-state index in [4.69, 9.17) is 0 Å². The first-order valence-electron chi connectivity index (χ1n) is 8.21. The third-order valence-corrected chi connectivity index (χ3v) is 36.2. The number of hydrogen-bond acceptors (Lipinski definition) is 0. The fourth-order valence-corrected chi connectivity index (χ4v) is 21.9. The van der Waals surface area contributed by atoms with Crippen LogP contribution in [-0.4, -0.2) is 4.98 Å². The van der Waals surface area contributed by atoms with Crippen molar-refractivity contribution in [3.8, 4) is 0 Å². The Bertz CT molecular complexity index is 834. The standard InChI is InChI=1S/C5H5.C4H4N.9CH3.2ClH.Zr/c2*1-2-4-5-3-1;;;;;;;;;;;;/h1-3H,4H2;1-3,5H;9*1H3;2*1H;. The first-order valence-corrected chi connectivity index (χ1v) is 32.8. The molecule has 2 rings (SSSR count). The molecule has 1 aromatic heterocycles. The third kappa shape index (κ3) is 2.54. The van der Waals surface area contributed by atoms with Gasteiger partial charge in [-0.1, -0.05) is 0 Å². The summed E-state index contributed by atoms with van der Waals surface area (Å²) in [6, 6.07) is 4.40. The Morgan fingerprint density at radius 1 is 0.864 bits per heavy atom. The van der Waals surface area contributed by atoms with Crippen LogP contribution in [0, 0.1) is 0 Å². The van der Waals surface area contributed by atoms with E-state index in [1.54, 1.807) is 0 Å². The molecule has 0 aliphatic heterocycles. The van der Waals surface area contributed by atoms with E-state index in [1.165, 1.54) is 6.68 Å². The van der Waals surface area contributed by atoms with Crippen LogP contribution >= 0.6 is 24.8 Å². The molecule has 0 saturated heterocycles. The summed E-state index contributed by atoms with van der Waals surface area (Å²) < 4.78 is 25.6. The van der Waals surface area contributed by atoms with E-state index in [0.717, 1.165) is 6.42 Å². The van der Waals surface area contributed by atoms with Gasteiger partial charge in [0.2, 0.25) is 0 Å². The maximum absolute atomic E-state index is 6.06. The second-order valence-corrected chi connectivity index (χ2v) is 139. The molecule has 1 aromatic rings. The molecule has 1 aliphatic rings. The van der Waals surface area contributed by atoms with Gasteiger partial charge in [0.1, 0.15) is 0 Å². The van der Waals surface area contributed by atoms with Crippen molar-refractivity contribution in [1.29, 1.82) is 0 Å². The van der Waals surface area contributed by atoms with Crippen LogP contribution in [0.4, 0.5) is 0 Å². The molecule has 0 fully saturated rings. The van der Waals surface area contributed by atoms with Gasteiger partial charge in [0.15, 0.2) is 0 Å². The quantitative estimate of drug-likeness (QED) is 0.495. The zero-order valence-corrected chi connectivity index (χ0v) is 20.1. The summed E-state index contributed by atoms with van der Waals surface area (Å²) >= 11 is 0. The van der Waals surface area contributed by atoms with Crippen LogP contribution in [0.5, 0.6) is 0 Å². The van der Waals surface area contributed by atoms with E-state index < -0.39 is 9.88 Å². The maximum atomic E-state index is 3.63. The van der Waals surface area contributed by atoms with Gasteiger partial charge in [-0.25, -0.2) is 0 Å². The van der Waals surface area contributed by atoms with E-state index in [0.29, 0.717) is 0 Å². The van der Waals surface area contributed by atoms with Gasteiger partial charge < -0.3 is 0 Å². The van der Waals surface area contributed by atoms with Crippen LogP contribution in [0.25, 0.3) is 0 Å². The molecule has 0 radical (unpaired) electrons. The third-order valence-electron chi connectivity index (χ3n) is 6.98. The van der Waals surface area contributed by atoms with Gasteiger partial charge in [0.25, 0.3) is 0 Å². The first-order chi connectivity index (χ1) is 7.69. The van der Waals surface area contributed by atoms with Crippen molar-refractivity contribution in [2.24, 2.45) is 0 Å². The summed E-state index contributed by atoms with van der Waals surface area (Å²) in [4.78, 5) is 3.63. The Morgan fingerprint density at radius 3 is 1.68 bits per heavy atom. The Morgan fingerprint density at radius 2 is 1.36 bits per heavy atom. The van der Waals surface area contributed by atoms with Gasteiger partial charge in [0, 0.05) is 0 Å². The molecule has 0 bridgehead atoms. The summed E-state index contributed by atoms with van der Waals surface area (Å²) in [6.07, 6.45) is 9.88. The predicted molar refractivity (Wildman–Crippen MR) is 110 cm³/mol. The average molecular weight is 431 g/mol. The summed E-state index contributed by atoms with van der Waals surface area (Å²) in [5.41, 5.74) is 0. The van der Waals surface area contributed by atoms with E-state index in [9.17, 15) is 0 Å². The molecule has 1 N–H and O–H groups in total. The van der Waals surface area contributed by atoms with Gasteiger partial charge in [-0.05, 0) is 0 Å². The van der Waals surface area contributed by atoms with Gasteiger partial charge in [-0.2, -0.15) is 0 Å². The number of H-pyrrole nitrogens is 1. The monoisotopic (exact) mass is 428 g/mol. The average Bonchev–Trinajstić information content (AvgIpc) is 2.74. The van der Waals surface area contributed by atoms with Crippen LogP contribution in [0.3, 0.4) is 0 Å². The molecule has 1 heterocycles. The van der Waals surface area contributed by atoms with Crippen molar-refractivity contribution >= 4 is 28.2 Å². The van der Waals surface area contributed by atoms with Gasteiger partial charge in [-0.15, -0.1) is 24.8 Å². The van der Waals surface area contributed by atoms with Gasteiger partial charge >= 0.3 is 106 Å². The molecule has 133 valence electrons. The van der Waals surface area contributed by atoms with Crippen LogP contribution in [0.2, 0.25) is 41.7 Å². The van der Waals surface area contributed by atoms with Crippen LogP contribution in [0.1, 0.15) is 6.42 Å². The second-order valence-electron chi connectivity index (χ2n) is 25.0. The van der Waals surface area contributed by atoms with Crippen molar-refractivity contribution < 1.29 is 9.88 Å². The van der Waals surface area contributed by atoms with Gasteiger partial charge in [-0.3, -0.25) is 0 Å². The van der Waals surface area contributed by atoms with Crippen molar-refractivity contribution in [2.75, 3.05) is 0 Å². The number of halogens is 2. The molecule has 1 aliphatic carbocycles. The number of aromatic nitrogens is 1. The topological polar surface area (TPSA) is 15.8 Å². The Hall–Kier alpha value is 0.223. The summed E-state index contributed by atoms with van der Waals surface area (Å²) in [7, 11) is -6.06. The van der Waals surface area contributed by atoms with Crippen molar-refractivity contribution in [1.82, 2.24) is 4.98 Å². The molecule has 0 amide bonds. The summed E-state index contributed by atoms with van der Waals surface area (Å²) in [5, 5.41) is 0.